The maximum Gasteiger partial charge on any atom is 0.244 e. The summed E-state index contributed by atoms with van der Waals surface area (Å²) in [6, 6.07) is 0. The second kappa shape index (κ2) is 5.67. The van der Waals surface area contributed by atoms with Crippen LogP contribution in [0.25, 0.3) is 0 Å². The summed E-state index contributed by atoms with van der Waals surface area (Å²) in [5.74, 6) is -0.855. The minimum absolute atomic E-state index is 0.161. The standard InChI is InChI=1S/C15H23NO6/c1-13(2)19-12-11-6-7-15(22-20-11,14(12,10-18)21-13)16-8-4-3-5-9-17/h6-8,11-12,17-18H,3-5,9-10H2,1-2H3/t11-,12+,14+,15+/m0/s1. The second-order valence-electron chi connectivity index (χ2n) is 6.32. The van der Waals surface area contributed by atoms with Crippen molar-refractivity contribution in [2.45, 2.75) is 62.4 Å². The van der Waals surface area contributed by atoms with Crippen molar-refractivity contribution in [3.63, 3.8) is 0 Å². The fourth-order valence-electron chi connectivity index (χ4n) is 3.26. The van der Waals surface area contributed by atoms with Gasteiger partial charge in [-0.05, 0) is 45.3 Å². The zero-order chi connectivity index (χ0) is 15.8. The number of nitrogens with zero attached hydrogens (tertiary/aromatic N) is 1. The minimum Gasteiger partial charge on any atom is -0.396 e. The summed E-state index contributed by atoms with van der Waals surface area (Å²) in [4.78, 5) is 15.3. The van der Waals surface area contributed by atoms with Crippen LogP contribution in [-0.2, 0) is 19.2 Å². The van der Waals surface area contributed by atoms with Gasteiger partial charge < -0.3 is 19.7 Å². The van der Waals surface area contributed by atoms with Crippen LogP contribution in [0, 0.1) is 0 Å². The maximum absolute atomic E-state index is 10.0. The molecule has 0 amide bonds. The second-order valence-corrected chi connectivity index (χ2v) is 6.32. The molecule has 0 unspecified atom stereocenters. The van der Waals surface area contributed by atoms with E-state index in [4.69, 9.17) is 24.4 Å². The first-order valence-corrected chi connectivity index (χ1v) is 7.66. The Morgan fingerprint density at radius 2 is 2.09 bits per heavy atom. The van der Waals surface area contributed by atoms with Gasteiger partial charge >= 0.3 is 0 Å². The lowest BCUT2D eigenvalue weighted by molar-refractivity contribution is -0.444. The van der Waals surface area contributed by atoms with Crippen molar-refractivity contribution < 1.29 is 29.5 Å². The minimum atomic E-state index is -1.26. The molecule has 2 fully saturated rings. The summed E-state index contributed by atoms with van der Waals surface area (Å²) in [6.45, 7) is 3.45. The van der Waals surface area contributed by atoms with Crippen molar-refractivity contribution in [3.05, 3.63) is 12.2 Å². The van der Waals surface area contributed by atoms with Crippen molar-refractivity contribution in [3.8, 4) is 0 Å². The molecule has 2 N–H and O–H groups in total. The van der Waals surface area contributed by atoms with Crippen LogP contribution in [0.15, 0.2) is 17.1 Å². The summed E-state index contributed by atoms with van der Waals surface area (Å²) < 4.78 is 11.9. The normalized spacial score (nSPS) is 42.2. The number of aliphatic hydroxyl groups is 2. The van der Waals surface area contributed by atoms with Gasteiger partial charge in [0.25, 0.3) is 0 Å². The molecule has 2 bridgehead atoms. The van der Waals surface area contributed by atoms with E-state index in [2.05, 4.69) is 4.99 Å². The molecule has 1 aliphatic carbocycles. The molecule has 124 valence electrons. The first-order chi connectivity index (χ1) is 10.5. The third-order valence-corrected chi connectivity index (χ3v) is 4.26. The lowest BCUT2D eigenvalue weighted by Crippen LogP contribution is -2.70. The van der Waals surface area contributed by atoms with Gasteiger partial charge in [0.2, 0.25) is 5.72 Å². The van der Waals surface area contributed by atoms with Crippen LogP contribution in [0.1, 0.15) is 33.1 Å². The summed E-state index contributed by atoms with van der Waals surface area (Å²) in [7, 11) is 0. The van der Waals surface area contributed by atoms with Crippen LogP contribution in [0.2, 0.25) is 0 Å². The Morgan fingerprint density at radius 3 is 2.73 bits per heavy atom. The molecule has 2 saturated heterocycles. The molecule has 4 rings (SSSR count). The quantitative estimate of drug-likeness (QED) is 0.325. The molecule has 3 heterocycles. The Labute approximate surface area is 129 Å². The molecular weight excluding hydrogens is 290 g/mol. The Hall–Kier alpha value is -0.830. The molecule has 0 aromatic rings. The summed E-state index contributed by atoms with van der Waals surface area (Å²) >= 11 is 0. The number of aliphatic imine (C=N–C) groups is 1. The molecule has 0 aromatic heterocycles. The Balaban J connectivity index is 1.87. The van der Waals surface area contributed by atoms with Crippen LogP contribution >= 0.6 is 0 Å². The predicted molar refractivity (Wildman–Crippen MR) is 77.1 cm³/mol. The van der Waals surface area contributed by atoms with E-state index in [0.29, 0.717) is 12.8 Å². The van der Waals surface area contributed by atoms with Crippen LogP contribution < -0.4 is 0 Å². The molecule has 3 aliphatic heterocycles. The van der Waals surface area contributed by atoms with Crippen molar-refractivity contribution in [2.24, 2.45) is 4.99 Å². The maximum atomic E-state index is 10.0. The number of hydrogen-bond acceptors (Lipinski definition) is 7. The van der Waals surface area contributed by atoms with Gasteiger partial charge in [-0.3, -0.25) is 4.99 Å². The number of aliphatic hydroxyl groups excluding tert-OH is 2. The van der Waals surface area contributed by atoms with E-state index in [9.17, 15) is 5.11 Å². The molecule has 7 heteroatoms. The average Bonchev–Trinajstić information content (AvgIpc) is 2.82. The van der Waals surface area contributed by atoms with Gasteiger partial charge in [-0.15, -0.1) is 0 Å². The van der Waals surface area contributed by atoms with E-state index in [1.54, 1.807) is 26.1 Å². The van der Waals surface area contributed by atoms with E-state index in [0.717, 1.165) is 6.42 Å². The van der Waals surface area contributed by atoms with Crippen molar-refractivity contribution in [1.82, 2.24) is 0 Å². The largest absolute Gasteiger partial charge is 0.396 e. The zero-order valence-corrected chi connectivity index (χ0v) is 12.9. The molecule has 4 aliphatic rings. The van der Waals surface area contributed by atoms with Gasteiger partial charge in [-0.2, -0.15) is 4.89 Å². The number of ether oxygens (including phenoxy) is 2. The van der Waals surface area contributed by atoms with Crippen molar-refractivity contribution in [2.75, 3.05) is 13.2 Å². The van der Waals surface area contributed by atoms with Gasteiger partial charge in [0.05, 0.1) is 6.61 Å². The van der Waals surface area contributed by atoms with Gasteiger partial charge in [-0.1, -0.05) is 0 Å². The van der Waals surface area contributed by atoms with E-state index >= 15 is 0 Å². The monoisotopic (exact) mass is 313 g/mol. The molecule has 0 spiro atoms. The van der Waals surface area contributed by atoms with Crippen LogP contribution in [0.5, 0.6) is 0 Å². The van der Waals surface area contributed by atoms with Gasteiger partial charge in [0, 0.05) is 12.8 Å². The highest BCUT2D eigenvalue weighted by atomic mass is 17.2. The van der Waals surface area contributed by atoms with Gasteiger partial charge in [-0.25, -0.2) is 4.89 Å². The first-order valence-electron chi connectivity index (χ1n) is 7.66. The molecule has 22 heavy (non-hydrogen) atoms. The molecule has 7 nitrogen and oxygen atoms in total. The van der Waals surface area contributed by atoms with E-state index in [1.165, 1.54) is 0 Å². The predicted octanol–water partition coefficient (Wildman–Crippen LogP) is 0.699. The van der Waals surface area contributed by atoms with E-state index in [-0.39, 0.29) is 13.2 Å². The zero-order valence-electron chi connectivity index (χ0n) is 12.9. The molecular formula is C15H23NO6. The number of rotatable bonds is 6. The highest BCUT2D eigenvalue weighted by Crippen LogP contribution is 2.53. The van der Waals surface area contributed by atoms with Gasteiger partial charge in [0.1, 0.15) is 12.2 Å². The van der Waals surface area contributed by atoms with Crippen LogP contribution in [0.4, 0.5) is 0 Å². The van der Waals surface area contributed by atoms with E-state index < -0.39 is 29.3 Å². The molecule has 0 aromatic carbocycles. The summed E-state index contributed by atoms with van der Waals surface area (Å²) in [5, 5.41) is 18.8. The number of unbranched alkanes of at least 4 members (excludes halogenated alkanes) is 2. The Kier molecular flexibility index (Phi) is 4.13. The third kappa shape index (κ3) is 2.33. The molecule has 0 saturated carbocycles. The van der Waals surface area contributed by atoms with E-state index in [1.807, 2.05) is 6.08 Å². The topological polar surface area (TPSA) is 89.7 Å². The SMILES string of the molecule is CC1(C)O[C@@H]2[C@@H]3C=C[C@@](N=CCCCCO)(OO3)[C@]2(CO)O1. The van der Waals surface area contributed by atoms with Crippen molar-refractivity contribution in [1.29, 1.82) is 0 Å². The lowest BCUT2D eigenvalue weighted by Gasteiger charge is -2.51. The van der Waals surface area contributed by atoms with Crippen LogP contribution in [0.3, 0.4) is 0 Å². The summed E-state index contributed by atoms with van der Waals surface area (Å²) in [6.07, 6.45) is 6.63. The Morgan fingerprint density at radius 1 is 1.27 bits per heavy atom. The van der Waals surface area contributed by atoms with Gasteiger partial charge in [0.15, 0.2) is 11.4 Å². The number of hydrogen-bond donors (Lipinski definition) is 2. The molecule has 0 radical (unpaired) electrons. The smallest absolute Gasteiger partial charge is 0.244 e. The van der Waals surface area contributed by atoms with Crippen molar-refractivity contribution >= 4 is 6.21 Å². The highest BCUT2D eigenvalue weighted by molar-refractivity contribution is 5.59. The lowest BCUT2D eigenvalue weighted by atomic mass is 9.77. The highest BCUT2D eigenvalue weighted by Gasteiger charge is 2.72. The molecule has 4 atom stereocenters. The Bertz CT molecular complexity index is 479. The average molecular weight is 313 g/mol. The fraction of sp³-hybridized carbons (Fsp3) is 0.800. The first kappa shape index (κ1) is 16.0. The van der Waals surface area contributed by atoms with Crippen LogP contribution in [-0.4, -0.2) is 59.0 Å². The third-order valence-electron chi connectivity index (χ3n) is 4.26. The number of fused-ring (bicyclic) bond motifs is 1. The fourth-order valence-corrected chi connectivity index (χ4v) is 3.26. The summed E-state index contributed by atoms with van der Waals surface area (Å²) in [5.41, 5.74) is -2.38.